The number of carboxylic acids is 2. The monoisotopic (exact) mass is 352 g/mol. The fourth-order valence-electron chi connectivity index (χ4n) is 1.48. The predicted octanol–water partition coefficient (Wildman–Crippen LogP) is -1.44. The minimum absolute atomic E-state index is 0.222. The van der Waals surface area contributed by atoms with Gasteiger partial charge < -0.3 is 29.9 Å². The second-order valence-corrected chi connectivity index (χ2v) is 6.67. The molecule has 0 aromatic heterocycles. The van der Waals surface area contributed by atoms with E-state index in [0.29, 0.717) is 13.5 Å². The summed E-state index contributed by atoms with van der Waals surface area (Å²) in [6, 6.07) is 0. The van der Waals surface area contributed by atoms with Gasteiger partial charge in [0.25, 0.3) is 0 Å². The standard InChI is InChI=1S/2C5H11NO.C4H6O6/c2*1-5(2)3-7-4-6-5;5-1(3(7)8)2(6)4(9)10/h2*6H,3-4H2,1-2H3;1-2,5-6H,(H,7,8)(H,9,10). The van der Waals surface area contributed by atoms with E-state index in [0.717, 1.165) is 13.2 Å². The number of aliphatic carboxylic acids is 2. The zero-order valence-corrected chi connectivity index (χ0v) is 14.4. The van der Waals surface area contributed by atoms with E-state index in [1.807, 2.05) is 0 Å². The van der Waals surface area contributed by atoms with Crippen LogP contribution in [0.2, 0.25) is 0 Å². The number of rotatable bonds is 3. The van der Waals surface area contributed by atoms with Crippen LogP contribution in [-0.2, 0) is 19.1 Å². The molecule has 2 atom stereocenters. The molecule has 6 N–H and O–H groups in total. The number of hydrogen-bond acceptors (Lipinski definition) is 8. The molecule has 2 heterocycles. The molecule has 2 aliphatic rings. The average molecular weight is 352 g/mol. The fourth-order valence-corrected chi connectivity index (χ4v) is 1.48. The topological polar surface area (TPSA) is 158 Å². The van der Waals surface area contributed by atoms with Crippen molar-refractivity contribution in [2.24, 2.45) is 0 Å². The molecule has 0 aromatic carbocycles. The zero-order valence-electron chi connectivity index (χ0n) is 14.4. The van der Waals surface area contributed by atoms with Gasteiger partial charge in [-0.3, -0.25) is 10.6 Å². The Labute approximate surface area is 140 Å². The van der Waals surface area contributed by atoms with Crippen molar-refractivity contribution in [3.05, 3.63) is 0 Å². The Morgan fingerprint density at radius 2 is 1.12 bits per heavy atom. The number of ether oxygens (including phenoxy) is 2. The third-order valence-corrected chi connectivity index (χ3v) is 3.04. The number of hydrogen-bond donors (Lipinski definition) is 6. The van der Waals surface area contributed by atoms with Crippen LogP contribution in [0.3, 0.4) is 0 Å². The second-order valence-electron chi connectivity index (χ2n) is 6.67. The van der Waals surface area contributed by atoms with Crippen LogP contribution >= 0.6 is 0 Å². The van der Waals surface area contributed by atoms with E-state index in [1.54, 1.807) is 0 Å². The van der Waals surface area contributed by atoms with Crippen molar-refractivity contribution in [3.8, 4) is 0 Å². The quantitative estimate of drug-likeness (QED) is 0.355. The first-order valence-electron chi connectivity index (χ1n) is 7.35. The minimum Gasteiger partial charge on any atom is -0.479 e. The molecule has 10 nitrogen and oxygen atoms in total. The zero-order chi connectivity index (χ0) is 19.0. The van der Waals surface area contributed by atoms with E-state index in [4.69, 9.17) is 29.9 Å². The summed E-state index contributed by atoms with van der Waals surface area (Å²) >= 11 is 0. The molecule has 142 valence electrons. The van der Waals surface area contributed by atoms with Crippen LogP contribution in [0, 0.1) is 0 Å². The Morgan fingerprint density at radius 3 is 1.21 bits per heavy atom. The lowest BCUT2D eigenvalue weighted by atomic mass is 10.1. The molecular weight excluding hydrogens is 324 g/mol. The van der Waals surface area contributed by atoms with Gasteiger partial charge in [-0.05, 0) is 27.7 Å². The number of aliphatic hydroxyl groups is 2. The molecule has 0 aromatic rings. The number of carboxylic acid groups (broad SMARTS) is 2. The second kappa shape index (κ2) is 9.87. The Hall–Kier alpha value is -1.30. The lowest BCUT2D eigenvalue weighted by Gasteiger charge is -2.12. The van der Waals surface area contributed by atoms with E-state index in [-0.39, 0.29) is 11.1 Å². The highest BCUT2D eigenvalue weighted by atomic mass is 16.5. The first kappa shape index (κ1) is 22.7. The summed E-state index contributed by atoms with van der Waals surface area (Å²) in [5.41, 5.74) is 0.444. The fraction of sp³-hybridized carbons (Fsp3) is 0.857. The maximum atomic E-state index is 9.77. The van der Waals surface area contributed by atoms with Crippen molar-refractivity contribution >= 4 is 11.9 Å². The summed E-state index contributed by atoms with van der Waals surface area (Å²) in [6.45, 7) is 11.6. The van der Waals surface area contributed by atoms with Gasteiger partial charge >= 0.3 is 11.9 Å². The highest BCUT2D eigenvalue weighted by molar-refractivity contribution is 5.83. The van der Waals surface area contributed by atoms with Crippen LogP contribution in [0.4, 0.5) is 0 Å². The van der Waals surface area contributed by atoms with Gasteiger partial charge in [0.15, 0.2) is 12.2 Å². The van der Waals surface area contributed by atoms with E-state index >= 15 is 0 Å². The molecule has 0 aliphatic carbocycles. The Bertz CT molecular complexity index is 360. The molecular formula is C14H28N2O8. The molecule has 0 saturated carbocycles. The Balaban J connectivity index is 0.000000337. The normalized spacial score (nSPS) is 23.1. The van der Waals surface area contributed by atoms with Gasteiger partial charge in [-0.25, -0.2) is 9.59 Å². The number of aliphatic hydroxyl groups excluding tert-OH is 2. The molecule has 24 heavy (non-hydrogen) atoms. The Kier molecular flexibility index (Phi) is 9.33. The van der Waals surface area contributed by atoms with Crippen LogP contribution < -0.4 is 10.6 Å². The smallest absolute Gasteiger partial charge is 0.335 e. The Morgan fingerprint density at radius 1 is 0.833 bits per heavy atom. The summed E-state index contributed by atoms with van der Waals surface area (Å²) in [6.07, 6.45) is -4.53. The number of nitrogens with one attached hydrogen (secondary N) is 2. The van der Waals surface area contributed by atoms with Gasteiger partial charge in [-0.2, -0.15) is 0 Å². The van der Waals surface area contributed by atoms with Crippen molar-refractivity contribution < 1.29 is 39.5 Å². The van der Waals surface area contributed by atoms with Crippen LogP contribution in [0.15, 0.2) is 0 Å². The van der Waals surface area contributed by atoms with Crippen molar-refractivity contribution in [2.45, 2.75) is 51.0 Å². The van der Waals surface area contributed by atoms with Crippen LogP contribution in [0.25, 0.3) is 0 Å². The summed E-state index contributed by atoms with van der Waals surface area (Å²) in [4.78, 5) is 19.5. The van der Waals surface area contributed by atoms with Gasteiger partial charge in [0.2, 0.25) is 0 Å². The summed E-state index contributed by atoms with van der Waals surface area (Å²) < 4.78 is 10.1. The van der Waals surface area contributed by atoms with Gasteiger partial charge in [-0.1, -0.05) is 0 Å². The molecule has 0 bridgehead atoms. The van der Waals surface area contributed by atoms with Gasteiger partial charge in [-0.15, -0.1) is 0 Å². The van der Waals surface area contributed by atoms with Crippen molar-refractivity contribution in [1.29, 1.82) is 0 Å². The lowest BCUT2D eigenvalue weighted by Crippen LogP contribution is -2.39. The molecule has 0 amide bonds. The minimum atomic E-state index is -2.27. The molecule has 2 saturated heterocycles. The summed E-state index contributed by atoms with van der Waals surface area (Å²) in [5, 5.41) is 38.9. The van der Waals surface area contributed by atoms with Crippen LogP contribution in [-0.4, -0.2) is 82.3 Å². The first-order valence-corrected chi connectivity index (χ1v) is 7.35. The van der Waals surface area contributed by atoms with E-state index in [9.17, 15) is 9.59 Å². The highest BCUT2D eigenvalue weighted by Crippen LogP contribution is 2.07. The highest BCUT2D eigenvalue weighted by Gasteiger charge is 2.29. The van der Waals surface area contributed by atoms with Gasteiger partial charge in [0.1, 0.15) is 0 Å². The molecule has 2 rings (SSSR count). The maximum absolute atomic E-state index is 9.77. The van der Waals surface area contributed by atoms with E-state index in [1.165, 1.54) is 0 Å². The number of carbonyl (C=O) groups is 2. The molecule has 2 fully saturated rings. The molecule has 10 heteroatoms. The van der Waals surface area contributed by atoms with Crippen LogP contribution in [0.5, 0.6) is 0 Å². The van der Waals surface area contributed by atoms with Gasteiger partial charge in [0.05, 0.1) is 26.7 Å². The van der Waals surface area contributed by atoms with Crippen molar-refractivity contribution in [3.63, 3.8) is 0 Å². The molecule has 0 radical (unpaired) electrons. The van der Waals surface area contributed by atoms with E-state index < -0.39 is 24.1 Å². The molecule has 2 unspecified atom stereocenters. The molecule has 0 spiro atoms. The summed E-state index contributed by atoms with van der Waals surface area (Å²) in [5.74, 6) is -3.54. The van der Waals surface area contributed by atoms with Crippen molar-refractivity contribution in [1.82, 2.24) is 10.6 Å². The lowest BCUT2D eigenvalue weighted by molar-refractivity contribution is -0.165. The average Bonchev–Trinajstić information content (AvgIpc) is 3.05. The van der Waals surface area contributed by atoms with E-state index in [2.05, 4.69) is 38.3 Å². The van der Waals surface area contributed by atoms with Gasteiger partial charge in [0, 0.05) is 11.1 Å². The van der Waals surface area contributed by atoms with Crippen LogP contribution in [0.1, 0.15) is 27.7 Å². The molecule has 2 aliphatic heterocycles. The third-order valence-electron chi connectivity index (χ3n) is 3.04. The summed E-state index contributed by atoms with van der Waals surface area (Å²) in [7, 11) is 0. The first-order chi connectivity index (χ1) is 10.9. The third kappa shape index (κ3) is 9.75. The largest absolute Gasteiger partial charge is 0.479 e. The predicted molar refractivity (Wildman–Crippen MR) is 83.4 cm³/mol. The maximum Gasteiger partial charge on any atom is 0.335 e. The SMILES string of the molecule is CC1(C)COCN1.CC1(C)COCN1.O=C(O)C(O)C(O)C(=O)O. The van der Waals surface area contributed by atoms with Crippen molar-refractivity contribution in [2.75, 3.05) is 26.7 Å².